The van der Waals surface area contributed by atoms with Gasteiger partial charge in [0.15, 0.2) is 0 Å². The third kappa shape index (κ3) is 4.54. The van der Waals surface area contributed by atoms with E-state index in [1.165, 1.54) is 36.6 Å². The van der Waals surface area contributed by atoms with Crippen LogP contribution in [0.3, 0.4) is 0 Å². The van der Waals surface area contributed by atoms with E-state index in [-0.39, 0.29) is 10.7 Å². The first kappa shape index (κ1) is 16.0. The highest BCUT2D eigenvalue weighted by molar-refractivity contribution is 8.01. The number of aliphatic hydroxyl groups is 1. The highest BCUT2D eigenvalue weighted by atomic mass is 32.2. The van der Waals surface area contributed by atoms with Gasteiger partial charge in [-0.3, -0.25) is 14.5 Å². The summed E-state index contributed by atoms with van der Waals surface area (Å²) in [7, 11) is 0. The van der Waals surface area contributed by atoms with Gasteiger partial charge in [-0.1, -0.05) is 20.8 Å². The third-order valence-corrected chi connectivity index (χ3v) is 3.90. The third-order valence-electron chi connectivity index (χ3n) is 2.45. The first-order valence-corrected chi connectivity index (χ1v) is 7.00. The van der Waals surface area contributed by atoms with E-state index in [1.807, 2.05) is 20.8 Å². The predicted octanol–water partition coefficient (Wildman–Crippen LogP) is 1.51. The van der Waals surface area contributed by atoms with E-state index in [9.17, 15) is 14.7 Å². The number of nitrogens with zero attached hydrogens (tertiary/aromatic N) is 1. The molecule has 3 atom stereocenters. The minimum absolute atomic E-state index is 0.137. The van der Waals surface area contributed by atoms with Crippen molar-refractivity contribution >= 4 is 23.6 Å². The molecule has 0 aromatic heterocycles. The first-order valence-electron chi connectivity index (χ1n) is 6.12. The molecule has 6 heteroatoms. The summed E-state index contributed by atoms with van der Waals surface area (Å²) in [6.07, 6.45) is 1.57. The Balaban J connectivity index is 3.04. The van der Waals surface area contributed by atoms with Gasteiger partial charge < -0.3 is 9.84 Å². The number of hydrogen-bond acceptors (Lipinski definition) is 5. The molecule has 0 saturated carbocycles. The molecule has 0 aliphatic carbocycles. The fourth-order valence-electron chi connectivity index (χ4n) is 1.85. The van der Waals surface area contributed by atoms with Crippen LogP contribution in [-0.4, -0.2) is 44.3 Å². The Morgan fingerprint density at radius 1 is 1.26 bits per heavy atom. The summed E-state index contributed by atoms with van der Waals surface area (Å²) in [5.41, 5.74) is 0. The molecule has 3 unspecified atom stereocenters. The summed E-state index contributed by atoms with van der Waals surface area (Å²) in [5, 5.41) is 9.49. The Kier molecular flexibility index (Phi) is 5.04. The van der Waals surface area contributed by atoms with Crippen LogP contribution in [0, 0.1) is 0 Å². The SMILES string of the molecule is CC(=O)OC1C=CC(O)N(C(C)=O)C1SC(C)(C)C. The second-order valence-electron chi connectivity index (χ2n) is 5.42. The van der Waals surface area contributed by atoms with Gasteiger partial charge in [0.1, 0.15) is 17.7 Å². The highest BCUT2D eigenvalue weighted by Crippen LogP contribution is 2.36. The Morgan fingerprint density at radius 2 is 1.84 bits per heavy atom. The molecule has 108 valence electrons. The van der Waals surface area contributed by atoms with Crippen molar-refractivity contribution in [1.82, 2.24) is 4.90 Å². The molecular formula is C13H21NO4S. The first-order chi connectivity index (χ1) is 8.61. The molecule has 0 spiro atoms. The number of amides is 1. The van der Waals surface area contributed by atoms with Crippen molar-refractivity contribution in [2.45, 2.75) is 57.1 Å². The molecule has 0 radical (unpaired) electrons. The van der Waals surface area contributed by atoms with Gasteiger partial charge in [-0.05, 0) is 12.2 Å². The monoisotopic (exact) mass is 287 g/mol. The normalized spacial score (nSPS) is 27.3. The predicted molar refractivity (Wildman–Crippen MR) is 74.4 cm³/mol. The van der Waals surface area contributed by atoms with Crippen LogP contribution in [0.4, 0.5) is 0 Å². The van der Waals surface area contributed by atoms with Crippen LogP contribution in [0.25, 0.3) is 0 Å². The molecule has 0 saturated heterocycles. The Bertz CT molecular complexity index is 389. The van der Waals surface area contributed by atoms with Crippen LogP contribution in [0.15, 0.2) is 12.2 Å². The van der Waals surface area contributed by atoms with Gasteiger partial charge in [-0.2, -0.15) is 0 Å². The Labute approximate surface area is 118 Å². The van der Waals surface area contributed by atoms with Gasteiger partial charge >= 0.3 is 5.97 Å². The molecule has 0 aromatic rings. The van der Waals surface area contributed by atoms with Crippen molar-refractivity contribution in [1.29, 1.82) is 0 Å². The summed E-state index contributed by atoms with van der Waals surface area (Å²) >= 11 is 1.48. The van der Waals surface area contributed by atoms with Crippen LogP contribution in [0.2, 0.25) is 0 Å². The Hall–Kier alpha value is -1.01. The number of hydrogen-bond donors (Lipinski definition) is 1. The molecule has 1 rings (SSSR count). The zero-order chi connectivity index (χ0) is 14.8. The summed E-state index contributed by atoms with van der Waals surface area (Å²) in [4.78, 5) is 24.2. The van der Waals surface area contributed by atoms with Gasteiger partial charge in [0, 0.05) is 18.6 Å². The maximum Gasteiger partial charge on any atom is 0.303 e. The summed E-state index contributed by atoms with van der Waals surface area (Å²) < 4.78 is 5.09. The van der Waals surface area contributed by atoms with Crippen molar-refractivity contribution in [2.24, 2.45) is 0 Å². The quantitative estimate of drug-likeness (QED) is 0.616. The molecule has 0 aromatic carbocycles. The number of thioether (sulfide) groups is 1. The van der Waals surface area contributed by atoms with E-state index in [0.29, 0.717) is 0 Å². The van der Waals surface area contributed by atoms with Gasteiger partial charge in [-0.25, -0.2) is 0 Å². The molecule has 19 heavy (non-hydrogen) atoms. The molecule has 0 fully saturated rings. The summed E-state index contributed by atoms with van der Waals surface area (Å²) in [6.45, 7) is 8.74. The number of esters is 1. The molecule has 1 amide bonds. The van der Waals surface area contributed by atoms with Crippen LogP contribution in [0.5, 0.6) is 0 Å². The number of ether oxygens (including phenoxy) is 1. The van der Waals surface area contributed by atoms with Crippen molar-refractivity contribution in [3.63, 3.8) is 0 Å². The highest BCUT2D eigenvalue weighted by Gasteiger charge is 2.39. The fourth-order valence-corrected chi connectivity index (χ4v) is 3.24. The van der Waals surface area contributed by atoms with Gasteiger partial charge in [-0.15, -0.1) is 11.8 Å². The standard InChI is InChI=1S/C13H21NO4S/c1-8(15)14-11(17)7-6-10(18-9(2)16)12(14)19-13(3,4)5/h6-7,10-12,17H,1-5H3. The lowest BCUT2D eigenvalue weighted by Gasteiger charge is -2.41. The molecule has 1 heterocycles. The molecule has 1 aliphatic heterocycles. The van der Waals surface area contributed by atoms with Crippen LogP contribution >= 0.6 is 11.8 Å². The number of carbonyl (C=O) groups is 2. The zero-order valence-corrected chi connectivity index (χ0v) is 12.7. The van der Waals surface area contributed by atoms with E-state index in [4.69, 9.17) is 4.74 Å². The fraction of sp³-hybridized carbons (Fsp3) is 0.692. The average Bonchev–Trinajstić information content (AvgIpc) is 2.18. The minimum Gasteiger partial charge on any atom is -0.455 e. The largest absolute Gasteiger partial charge is 0.455 e. The number of carbonyl (C=O) groups excluding carboxylic acids is 2. The van der Waals surface area contributed by atoms with Gasteiger partial charge in [0.25, 0.3) is 0 Å². The second kappa shape index (κ2) is 5.96. The van der Waals surface area contributed by atoms with Crippen molar-refractivity contribution in [3.05, 3.63) is 12.2 Å². The van der Waals surface area contributed by atoms with E-state index < -0.39 is 23.7 Å². The van der Waals surface area contributed by atoms with Crippen LogP contribution in [0.1, 0.15) is 34.6 Å². The van der Waals surface area contributed by atoms with E-state index in [2.05, 4.69) is 0 Å². The number of aliphatic hydroxyl groups excluding tert-OH is 1. The van der Waals surface area contributed by atoms with Gasteiger partial charge in [0.2, 0.25) is 5.91 Å². The summed E-state index contributed by atoms with van der Waals surface area (Å²) in [5.74, 6) is -0.662. The lowest BCUT2D eigenvalue weighted by Crippen LogP contribution is -2.53. The molecule has 5 nitrogen and oxygen atoms in total. The van der Waals surface area contributed by atoms with E-state index in [1.54, 1.807) is 6.08 Å². The van der Waals surface area contributed by atoms with Crippen molar-refractivity contribution in [3.8, 4) is 0 Å². The lowest BCUT2D eigenvalue weighted by atomic mass is 10.2. The molecule has 0 bridgehead atoms. The lowest BCUT2D eigenvalue weighted by molar-refractivity contribution is -0.153. The second-order valence-corrected chi connectivity index (χ2v) is 7.36. The summed E-state index contributed by atoms with van der Waals surface area (Å²) in [6, 6.07) is 0. The van der Waals surface area contributed by atoms with Crippen molar-refractivity contribution in [2.75, 3.05) is 0 Å². The van der Waals surface area contributed by atoms with E-state index in [0.717, 1.165) is 0 Å². The number of rotatable bonds is 2. The maximum atomic E-state index is 11.7. The minimum atomic E-state index is -0.982. The maximum absolute atomic E-state index is 11.7. The van der Waals surface area contributed by atoms with Crippen LogP contribution < -0.4 is 0 Å². The average molecular weight is 287 g/mol. The van der Waals surface area contributed by atoms with Crippen molar-refractivity contribution < 1.29 is 19.4 Å². The van der Waals surface area contributed by atoms with E-state index >= 15 is 0 Å². The molecule has 1 N–H and O–H groups in total. The molecular weight excluding hydrogens is 266 g/mol. The smallest absolute Gasteiger partial charge is 0.303 e. The van der Waals surface area contributed by atoms with Gasteiger partial charge in [0.05, 0.1) is 0 Å². The zero-order valence-electron chi connectivity index (χ0n) is 11.9. The molecule has 1 aliphatic rings. The Morgan fingerprint density at radius 3 is 2.26 bits per heavy atom. The topological polar surface area (TPSA) is 66.8 Å². The van der Waals surface area contributed by atoms with Crippen LogP contribution in [-0.2, 0) is 14.3 Å².